The van der Waals surface area contributed by atoms with E-state index in [9.17, 15) is 9.59 Å². The number of halogens is 1. The largest absolute Gasteiger partial charge is 0.376 e. The van der Waals surface area contributed by atoms with Gasteiger partial charge in [-0.25, -0.2) is 0 Å². The van der Waals surface area contributed by atoms with Crippen LogP contribution in [0.15, 0.2) is 60.9 Å². The maximum absolute atomic E-state index is 13.4. The van der Waals surface area contributed by atoms with Gasteiger partial charge >= 0.3 is 0 Å². The van der Waals surface area contributed by atoms with Crippen molar-refractivity contribution in [3.8, 4) is 0 Å². The van der Waals surface area contributed by atoms with Crippen molar-refractivity contribution in [2.24, 2.45) is 5.92 Å². The highest BCUT2D eigenvalue weighted by Crippen LogP contribution is 2.31. The average Bonchev–Trinajstić information content (AvgIpc) is 3.63. The van der Waals surface area contributed by atoms with Gasteiger partial charge in [0.2, 0.25) is 5.91 Å². The highest BCUT2D eigenvalue weighted by atomic mass is 35.5. The first-order valence-corrected chi connectivity index (χ1v) is 14.5. The van der Waals surface area contributed by atoms with Gasteiger partial charge in [0.1, 0.15) is 6.04 Å². The van der Waals surface area contributed by atoms with E-state index in [1.54, 1.807) is 12.4 Å². The number of anilines is 2. The number of fused-ring (bicyclic) bond motifs is 1. The Morgan fingerprint density at radius 2 is 1.92 bits per heavy atom. The van der Waals surface area contributed by atoms with Crippen molar-refractivity contribution in [3.05, 3.63) is 81.4 Å². The molecule has 0 unspecified atom stereocenters. The third kappa shape index (κ3) is 6.75. The van der Waals surface area contributed by atoms with E-state index in [4.69, 9.17) is 11.6 Å². The highest BCUT2D eigenvalue weighted by molar-refractivity contribution is 7.14. The van der Waals surface area contributed by atoms with Crippen LogP contribution >= 0.6 is 22.9 Å². The molecule has 3 aromatic heterocycles. The molecule has 0 radical (unpaired) electrons. The van der Waals surface area contributed by atoms with E-state index in [0.29, 0.717) is 27.9 Å². The summed E-state index contributed by atoms with van der Waals surface area (Å²) < 4.78 is 0. The van der Waals surface area contributed by atoms with Crippen molar-refractivity contribution >= 4 is 57.0 Å². The molecule has 202 valence electrons. The fraction of sp³-hybridized carbons (Fsp3) is 0.333. The molecular weight excluding hydrogens is 530 g/mol. The number of amides is 2. The minimum atomic E-state index is -0.619. The van der Waals surface area contributed by atoms with Gasteiger partial charge in [-0.05, 0) is 68.7 Å². The summed E-state index contributed by atoms with van der Waals surface area (Å²) in [6, 6.07) is 14.4. The Bertz CT molecular complexity index is 1480. The number of nitrogens with one attached hydrogen (secondary N) is 3. The van der Waals surface area contributed by atoms with Gasteiger partial charge in [-0.1, -0.05) is 43.4 Å². The van der Waals surface area contributed by atoms with E-state index in [-0.39, 0.29) is 17.9 Å². The predicted octanol–water partition coefficient (Wildman–Crippen LogP) is 7.14. The second-order valence-electron chi connectivity index (χ2n) is 10.2. The minimum Gasteiger partial charge on any atom is -0.376 e. The molecule has 1 fully saturated rings. The van der Waals surface area contributed by atoms with E-state index in [0.717, 1.165) is 40.0 Å². The van der Waals surface area contributed by atoms with Gasteiger partial charge in [-0.3, -0.25) is 19.6 Å². The summed E-state index contributed by atoms with van der Waals surface area (Å²) in [5.41, 5.74) is 3.26. The smallest absolute Gasteiger partial charge is 0.262 e. The number of hydrogen-bond acceptors (Lipinski definition) is 6. The number of benzene rings is 1. The normalized spacial score (nSPS) is 15.2. The first kappa shape index (κ1) is 27.1. The van der Waals surface area contributed by atoms with Crippen LogP contribution in [-0.4, -0.2) is 27.8 Å². The van der Waals surface area contributed by atoms with Crippen LogP contribution in [0.25, 0.3) is 10.9 Å². The molecule has 39 heavy (non-hydrogen) atoms. The van der Waals surface area contributed by atoms with Crippen LogP contribution in [0.4, 0.5) is 11.4 Å². The number of thiophene rings is 1. The van der Waals surface area contributed by atoms with Crippen LogP contribution in [0.1, 0.15) is 65.3 Å². The van der Waals surface area contributed by atoms with Crippen molar-refractivity contribution < 1.29 is 9.59 Å². The summed E-state index contributed by atoms with van der Waals surface area (Å²) in [4.78, 5) is 36.9. The number of pyridine rings is 2. The summed E-state index contributed by atoms with van der Waals surface area (Å²) in [5.74, 6) is -0.00587. The lowest BCUT2D eigenvalue weighted by atomic mass is 9.97. The lowest BCUT2D eigenvalue weighted by molar-refractivity contribution is -0.118. The Kier molecular flexibility index (Phi) is 8.43. The van der Waals surface area contributed by atoms with E-state index in [2.05, 4.69) is 25.9 Å². The summed E-state index contributed by atoms with van der Waals surface area (Å²) in [7, 11) is 0. The molecule has 1 aromatic carbocycles. The minimum absolute atomic E-state index is 0.0458. The monoisotopic (exact) mass is 561 g/mol. The lowest BCUT2D eigenvalue weighted by Crippen LogP contribution is -2.44. The number of aryl methyl sites for hydroxylation is 1. The topological polar surface area (TPSA) is 96.0 Å². The molecule has 1 aliphatic carbocycles. The van der Waals surface area contributed by atoms with Crippen molar-refractivity contribution in [1.82, 2.24) is 15.3 Å². The molecule has 1 aliphatic rings. The second kappa shape index (κ2) is 12.1. The van der Waals surface area contributed by atoms with Crippen LogP contribution in [0.2, 0.25) is 5.02 Å². The van der Waals surface area contributed by atoms with Gasteiger partial charge in [0.15, 0.2) is 0 Å². The Morgan fingerprint density at radius 3 is 2.74 bits per heavy atom. The third-order valence-corrected chi connectivity index (χ3v) is 8.71. The summed E-state index contributed by atoms with van der Waals surface area (Å²) >= 11 is 7.53. The lowest BCUT2D eigenvalue weighted by Gasteiger charge is -2.21. The fourth-order valence-electron chi connectivity index (χ4n) is 5.09. The molecule has 0 aliphatic heterocycles. The molecule has 9 heteroatoms. The molecular formula is C30H32ClN5O2S. The second-order valence-corrected chi connectivity index (χ2v) is 11.7. The zero-order chi connectivity index (χ0) is 27.4. The van der Waals surface area contributed by atoms with Gasteiger partial charge in [0, 0.05) is 28.3 Å². The molecule has 4 aromatic rings. The van der Waals surface area contributed by atoms with Crippen LogP contribution in [-0.2, 0) is 4.79 Å². The fourth-order valence-corrected chi connectivity index (χ4v) is 6.16. The van der Waals surface area contributed by atoms with Crippen molar-refractivity contribution in [2.75, 3.05) is 10.6 Å². The molecule has 0 saturated heterocycles. The van der Waals surface area contributed by atoms with Gasteiger partial charge in [-0.15, -0.1) is 11.3 Å². The molecule has 5 rings (SSSR count). The van der Waals surface area contributed by atoms with E-state index in [1.165, 1.54) is 24.2 Å². The van der Waals surface area contributed by atoms with E-state index < -0.39 is 6.04 Å². The summed E-state index contributed by atoms with van der Waals surface area (Å²) in [6.07, 6.45) is 8.52. The molecule has 2 atom stereocenters. The SMILES string of the molecule is Cc1ncc(Cl)cc1N[C@@H](C)c1ccc(C(=O)N[C@@H](CC2CCCC2)C(=O)Nc2ccc3ncccc3c2)s1. The summed E-state index contributed by atoms with van der Waals surface area (Å²) in [5, 5.41) is 11.0. The molecule has 1 saturated carbocycles. The van der Waals surface area contributed by atoms with Crippen LogP contribution in [0.5, 0.6) is 0 Å². The number of rotatable bonds is 9. The van der Waals surface area contributed by atoms with Gasteiger partial charge in [0.25, 0.3) is 5.91 Å². The maximum atomic E-state index is 13.4. The Morgan fingerprint density at radius 1 is 1.10 bits per heavy atom. The number of carbonyl (C=O) groups is 2. The quantitative estimate of drug-likeness (QED) is 0.202. The number of hydrogen-bond donors (Lipinski definition) is 3. The Labute approximate surface area is 237 Å². The zero-order valence-electron chi connectivity index (χ0n) is 22.0. The molecule has 0 spiro atoms. The molecule has 2 amide bonds. The standard InChI is InChI=1S/C30H32ClN5O2S/c1-18-25(16-22(31)17-33-18)34-19(2)27-11-12-28(39-27)30(38)36-26(14-20-6-3-4-7-20)29(37)35-23-9-10-24-21(15-23)8-5-13-32-24/h5,8-13,15-17,19-20,26,34H,3-4,6-7,14H2,1-2H3,(H,35,37)(H,36,38)/t19-,26-/m0/s1. The van der Waals surface area contributed by atoms with Crippen molar-refractivity contribution in [3.63, 3.8) is 0 Å². The number of aromatic nitrogens is 2. The van der Waals surface area contributed by atoms with Crippen LogP contribution in [0, 0.1) is 12.8 Å². The Balaban J connectivity index is 1.28. The molecule has 3 heterocycles. The summed E-state index contributed by atoms with van der Waals surface area (Å²) in [6.45, 7) is 3.95. The number of carbonyl (C=O) groups excluding carboxylic acids is 2. The third-order valence-electron chi connectivity index (χ3n) is 7.24. The van der Waals surface area contributed by atoms with Gasteiger partial charge < -0.3 is 16.0 Å². The van der Waals surface area contributed by atoms with Crippen molar-refractivity contribution in [1.29, 1.82) is 0 Å². The average molecular weight is 562 g/mol. The number of nitrogens with zero attached hydrogens (tertiary/aromatic N) is 2. The molecule has 7 nitrogen and oxygen atoms in total. The molecule has 0 bridgehead atoms. The first-order chi connectivity index (χ1) is 18.9. The predicted molar refractivity (Wildman–Crippen MR) is 159 cm³/mol. The van der Waals surface area contributed by atoms with E-state index in [1.807, 2.05) is 62.4 Å². The zero-order valence-corrected chi connectivity index (χ0v) is 23.6. The Hall–Kier alpha value is -3.49. The van der Waals surface area contributed by atoms with Crippen LogP contribution in [0.3, 0.4) is 0 Å². The van der Waals surface area contributed by atoms with Gasteiger partial charge in [0.05, 0.1) is 32.8 Å². The van der Waals surface area contributed by atoms with Gasteiger partial charge in [-0.2, -0.15) is 0 Å². The maximum Gasteiger partial charge on any atom is 0.262 e. The van der Waals surface area contributed by atoms with E-state index >= 15 is 0 Å². The first-order valence-electron chi connectivity index (χ1n) is 13.3. The highest BCUT2D eigenvalue weighted by Gasteiger charge is 2.28. The van der Waals surface area contributed by atoms with Crippen molar-refractivity contribution in [2.45, 2.75) is 58.0 Å². The van der Waals surface area contributed by atoms with Crippen LogP contribution < -0.4 is 16.0 Å². The molecule has 3 N–H and O–H groups in total.